The number of carbonyl (C=O) groups excluding carboxylic acids is 5. The van der Waals surface area contributed by atoms with Gasteiger partial charge < -0.3 is 26.6 Å². The van der Waals surface area contributed by atoms with Crippen LogP contribution in [0.5, 0.6) is 0 Å². The maximum atomic E-state index is 13.7. The molecule has 5 N–H and O–H groups in total. The minimum absolute atomic E-state index is 0.0542. The fourth-order valence-electron chi connectivity index (χ4n) is 4.61. The topological polar surface area (TPSA) is 151 Å². The molecule has 1 heterocycles. The van der Waals surface area contributed by atoms with Crippen LogP contribution in [-0.2, 0) is 25.6 Å². The van der Waals surface area contributed by atoms with Crippen LogP contribution in [0.3, 0.4) is 0 Å². The quantitative estimate of drug-likeness (QED) is 0.235. The molecule has 39 heavy (non-hydrogen) atoms. The summed E-state index contributed by atoms with van der Waals surface area (Å²) in [6.07, 6.45) is 7.79. The molecular weight excluding hydrogens is 498 g/mol. The Morgan fingerprint density at radius 1 is 1.10 bits per heavy atom. The molecule has 0 bridgehead atoms. The van der Waals surface area contributed by atoms with Crippen LogP contribution in [0.15, 0.2) is 30.3 Å². The number of hydrogen-bond donors (Lipinski definition) is 4. The van der Waals surface area contributed by atoms with E-state index in [2.05, 4.69) is 21.9 Å². The van der Waals surface area contributed by atoms with Gasteiger partial charge in [-0.15, -0.1) is 12.3 Å². The molecule has 1 aliphatic heterocycles. The van der Waals surface area contributed by atoms with Crippen LogP contribution in [0.1, 0.15) is 65.4 Å². The Bertz CT molecular complexity index is 1080. The maximum Gasteiger partial charge on any atom is 0.315 e. The van der Waals surface area contributed by atoms with Crippen LogP contribution in [-0.4, -0.2) is 65.1 Å². The lowest BCUT2D eigenvalue weighted by molar-refractivity contribution is -0.143. The lowest BCUT2D eigenvalue weighted by Gasteiger charge is -2.36. The highest BCUT2D eigenvalue weighted by Crippen LogP contribution is 2.26. The number of primary amides is 1. The van der Waals surface area contributed by atoms with Crippen LogP contribution in [0.4, 0.5) is 4.79 Å². The van der Waals surface area contributed by atoms with E-state index in [0.29, 0.717) is 32.2 Å². The third-order valence-corrected chi connectivity index (χ3v) is 6.83. The summed E-state index contributed by atoms with van der Waals surface area (Å²) in [4.78, 5) is 65.0. The molecule has 0 radical (unpaired) electrons. The Labute approximate surface area is 230 Å². The number of benzene rings is 1. The predicted molar refractivity (Wildman–Crippen MR) is 148 cm³/mol. The molecule has 1 aromatic rings. The van der Waals surface area contributed by atoms with E-state index in [1.54, 1.807) is 0 Å². The molecule has 1 aromatic carbocycles. The smallest absolute Gasteiger partial charge is 0.315 e. The zero-order valence-corrected chi connectivity index (χ0v) is 23.3. The summed E-state index contributed by atoms with van der Waals surface area (Å²) in [6, 6.07) is 6.29. The van der Waals surface area contributed by atoms with Crippen molar-refractivity contribution in [1.82, 2.24) is 20.9 Å². The number of Topliss-reactive ketones (excluding diaryl/α,β-unsaturated/α-hetero) is 1. The number of nitrogens with zero attached hydrogens (tertiary/aromatic N) is 1. The number of hydrogen-bond acceptors (Lipinski definition) is 5. The first-order valence-electron chi connectivity index (χ1n) is 13.4. The first kappa shape index (κ1) is 31.3. The number of likely N-dealkylation sites (tertiary alicyclic amines) is 1. The standard InChI is InChI=1S/C29H41N5O5/c1-6-8-15-21(23(35)25(30)36)32-26(37)22-16-12-17-34(22)27(38)24(29(3,4)5)33-28(39)31-20(7-2)18-19-13-10-9-11-14-19/h1,9-11,13-14,20-22,24H,7-8,12,15-18H2,2-5H3,(H2,30,36)(H,32,37)(H2,31,33,39). The van der Waals surface area contributed by atoms with Crippen molar-refractivity contribution in [3.63, 3.8) is 0 Å². The van der Waals surface area contributed by atoms with E-state index in [9.17, 15) is 24.0 Å². The minimum Gasteiger partial charge on any atom is -0.363 e. The van der Waals surface area contributed by atoms with Gasteiger partial charge in [0.2, 0.25) is 17.6 Å². The van der Waals surface area contributed by atoms with Gasteiger partial charge in [-0.25, -0.2) is 4.79 Å². The van der Waals surface area contributed by atoms with Crippen molar-refractivity contribution < 1.29 is 24.0 Å². The summed E-state index contributed by atoms with van der Waals surface area (Å²) in [5, 5.41) is 8.36. The molecule has 4 atom stereocenters. The van der Waals surface area contributed by atoms with E-state index in [-0.39, 0.29) is 18.9 Å². The molecule has 5 amide bonds. The Morgan fingerprint density at radius 2 is 1.77 bits per heavy atom. The van der Waals surface area contributed by atoms with Crippen LogP contribution in [0, 0.1) is 17.8 Å². The molecule has 0 saturated carbocycles. The highest BCUT2D eigenvalue weighted by atomic mass is 16.2. The highest BCUT2D eigenvalue weighted by molar-refractivity contribution is 6.37. The lowest BCUT2D eigenvalue weighted by atomic mass is 9.85. The fourth-order valence-corrected chi connectivity index (χ4v) is 4.61. The van der Waals surface area contributed by atoms with Crippen molar-refractivity contribution >= 4 is 29.5 Å². The van der Waals surface area contributed by atoms with Gasteiger partial charge in [-0.2, -0.15) is 0 Å². The van der Waals surface area contributed by atoms with Gasteiger partial charge in [0.25, 0.3) is 5.91 Å². The van der Waals surface area contributed by atoms with Crippen LogP contribution >= 0.6 is 0 Å². The molecule has 0 aliphatic carbocycles. The molecule has 10 heteroatoms. The van der Waals surface area contributed by atoms with Gasteiger partial charge in [-0.05, 0) is 43.1 Å². The molecule has 0 spiro atoms. The van der Waals surface area contributed by atoms with Crippen LogP contribution < -0.4 is 21.7 Å². The van der Waals surface area contributed by atoms with Gasteiger partial charge in [0.15, 0.2) is 0 Å². The number of carbonyl (C=O) groups is 5. The Hall–Kier alpha value is -3.87. The zero-order chi connectivity index (χ0) is 29.2. The van der Waals surface area contributed by atoms with Crippen molar-refractivity contribution in [3.05, 3.63) is 35.9 Å². The summed E-state index contributed by atoms with van der Waals surface area (Å²) in [5.74, 6) is -0.698. The first-order valence-corrected chi connectivity index (χ1v) is 13.4. The number of rotatable bonds is 12. The van der Waals surface area contributed by atoms with E-state index in [1.807, 2.05) is 58.0 Å². The van der Waals surface area contributed by atoms with Gasteiger partial charge >= 0.3 is 6.03 Å². The summed E-state index contributed by atoms with van der Waals surface area (Å²) in [5.41, 5.74) is 5.57. The van der Waals surface area contributed by atoms with Crippen molar-refractivity contribution in [2.24, 2.45) is 11.1 Å². The van der Waals surface area contributed by atoms with Gasteiger partial charge in [0.05, 0.1) is 6.04 Å². The molecule has 10 nitrogen and oxygen atoms in total. The van der Waals surface area contributed by atoms with Crippen LogP contribution in [0.25, 0.3) is 0 Å². The number of urea groups is 1. The monoisotopic (exact) mass is 539 g/mol. The minimum atomic E-state index is -1.17. The molecule has 1 fully saturated rings. The largest absolute Gasteiger partial charge is 0.363 e. The lowest BCUT2D eigenvalue weighted by Crippen LogP contribution is -2.60. The zero-order valence-electron chi connectivity index (χ0n) is 23.3. The van der Waals surface area contributed by atoms with E-state index >= 15 is 0 Å². The highest BCUT2D eigenvalue weighted by Gasteiger charge is 2.42. The van der Waals surface area contributed by atoms with Gasteiger partial charge in [-0.3, -0.25) is 19.2 Å². The van der Waals surface area contributed by atoms with Gasteiger partial charge in [0.1, 0.15) is 12.1 Å². The second kappa shape index (κ2) is 14.3. The number of ketones is 1. The number of amides is 5. The molecule has 4 unspecified atom stereocenters. The van der Waals surface area contributed by atoms with Crippen molar-refractivity contribution in [2.75, 3.05) is 6.54 Å². The summed E-state index contributed by atoms with van der Waals surface area (Å²) < 4.78 is 0. The Kier molecular flexibility index (Phi) is 11.5. The average Bonchev–Trinajstić information content (AvgIpc) is 3.38. The summed E-state index contributed by atoms with van der Waals surface area (Å²) in [6.45, 7) is 7.81. The average molecular weight is 540 g/mol. The van der Waals surface area contributed by atoms with Crippen molar-refractivity contribution in [3.8, 4) is 12.3 Å². The van der Waals surface area contributed by atoms with Crippen molar-refractivity contribution in [2.45, 2.75) is 90.4 Å². The molecule has 2 rings (SSSR count). The maximum absolute atomic E-state index is 13.7. The normalized spacial score (nSPS) is 17.3. The Balaban J connectivity index is 2.13. The van der Waals surface area contributed by atoms with Crippen molar-refractivity contribution in [1.29, 1.82) is 0 Å². The van der Waals surface area contributed by atoms with E-state index in [0.717, 1.165) is 5.56 Å². The third kappa shape index (κ3) is 9.13. The third-order valence-electron chi connectivity index (χ3n) is 6.83. The molecule has 1 aliphatic rings. The fraction of sp³-hybridized carbons (Fsp3) is 0.552. The first-order chi connectivity index (χ1) is 18.4. The second-order valence-corrected chi connectivity index (χ2v) is 10.9. The van der Waals surface area contributed by atoms with E-state index in [1.165, 1.54) is 4.90 Å². The number of nitrogens with one attached hydrogen (secondary N) is 3. The molecule has 1 saturated heterocycles. The van der Waals surface area contributed by atoms with Gasteiger partial charge in [-0.1, -0.05) is 58.0 Å². The number of terminal acetylenes is 1. The molecule has 212 valence electrons. The van der Waals surface area contributed by atoms with Crippen LogP contribution in [0.2, 0.25) is 0 Å². The summed E-state index contributed by atoms with van der Waals surface area (Å²) in [7, 11) is 0. The van der Waals surface area contributed by atoms with E-state index < -0.39 is 53.1 Å². The molecule has 0 aromatic heterocycles. The van der Waals surface area contributed by atoms with Gasteiger partial charge in [0, 0.05) is 19.0 Å². The van der Waals surface area contributed by atoms with E-state index in [4.69, 9.17) is 12.2 Å². The predicted octanol–water partition coefficient (Wildman–Crippen LogP) is 1.67. The summed E-state index contributed by atoms with van der Waals surface area (Å²) >= 11 is 0. The number of nitrogens with two attached hydrogens (primary N) is 1. The molecular formula is C29H41N5O5. The SMILES string of the molecule is C#CCCC(NC(=O)C1CCCN1C(=O)C(NC(=O)NC(CC)Cc1ccccc1)C(C)(C)C)C(=O)C(N)=O. The Morgan fingerprint density at radius 3 is 2.33 bits per heavy atom. The second-order valence-electron chi connectivity index (χ2n) is 10.9.